The topological polar surface area (TPSA) is 34.9 Å². The van der Waals surface area contributed by atoms with Gasteiger partial charge in [-0.1, -0.05) is 37.5 Å². The maximum absolute atomic E-state index is 13.9. The molecule has 25 heavy (non-hydrogen) atoms. The Labute approximate surface area is 151 Å². The molecule has 0 aliphatic heterocycles. The van der Waals surface area contributed by atoms with Gasteiger partial charge in [0.15, 0.2) is 0 Å². The minimum Gasteiger partial charge on any atom is -0.293 e. The Morgan fingerprint density at radius 3 is 2.72 bits per heavy atom. The first kappa shape index (κ1) is 16.8. The number of hydrogen-bond acceptors (Lipinski definition) is 3. The van der Waals surface area contributed by atoms with Crippen LogP contribution in [0, 0.1) is 5.82 Å². The van der Waals surface area contributed by atoms with E-state index in [2.05, 4.69) is 4.98 Å². The molecular formula is C20H23FN2OS. The minimum absolute atomic E-state index is 0.108. The molecule has 0 N–H and O–H groups in total. The highest BCUT2D eigenvalue weighted by Crippen LogP contribution is 2.35. The van der Waals surface area contributed by atoms with E-state index in [4.69, 9.17) is 0 Å². The number of rotatable bonds is 4. The Kier molecular flexibility index (Phi) is 4.93. The summed E-state index contributed by atoms with van der Waals surface area (Å²) in [7, 11) is 0. The number of nitrogens with zero attached hydrogens (tertiary/aromatic N) is 2. The van der Waals surface area contributed by atoms with Crippen molar-refractivity contribution in [1.82, 2.24) is 9.55 Å². The number of aromatic nitrogens is 2. The molecule has 0 radical (unpaired) electrons. The summed E-state index contributed by atoms with van der Waals surface area (Å²) in [5.74, 6) is 0.320. The highest BCUT2D eigenvalue weighted by Gasteiger charge is 2.26. The summed E-state index contributed by atoms with van der Waals surface area (Å²) < 4.78 is 15.8. The molecule has 1 saturated carbocycles. The Hall–Kier alpha value is -1.62. The molecule has 0 unspecified atom stereocenters. The van der Waals surface area contributed by atoms with Gasteiger partial charge in [0.1, 0.15) is 10.8 Å². The third kappa shape index (κ3) is 3.39. The van der Waals surface area contributed by atoms with Gasteiger partial charge in [-0.3, -0.25) is 4.57 Å². The molecule has 1 heterocycles. The smallest absolute Gasteiger partial charge is 0.293 e. The van der Waals surface area contributed by atoms with Crippen molar-refractivity contribution in [2.75, 3.05) is 0 Å². The zero-order chi connectivity index (χ0) is 17.2. The van der Waals surface area contributed by atoms with E-state index in [1.165, 1.54) is 48.3 Å². The fraction of sp³-hybridized carbons (Fsp3) is 0.500. The lowest BCUT2D eigenvalue weighted by Crippen LogP contribution is -2.31. The lowest BCUT2D eigenvalue weighted by atomic mass is 9.95. The van der Waals surface area contributed by atoms with Crippen molar-refractivity contribution >= 4 is 11.8 Å². The Bertz CT molecular complexity index is 827. The van der Waals surface area contributed by atoms with E-state index in [1.54, 1.807) is 12.1 Å². The molecule has 1 aromatic heterocycles. The van der Waals surface area contributed by atoms with E-state index in [0.717, 1.165) is 37.1 Å². The molecule has 1 aromatic carbocycles. The molecule has 132 valence electrons. The average Bonchev–Trinajstić information content (AvgIpc) is 3.11. The van der Waals surface area contributed by atoms with E-state index in [1.807, 2.05) is 10.6 Å². The first-order valence-electron chi connectivity index (χ1n) is 9.24. The van der Waals surface area contributed by atoms with Crippen LogP contribution in [0.4, 0.5) is 4.39 Å². The monoisotopic (exact) mass is 358 g/mol. The lowest BCUT2D eigenvalue weighted by Gasteiger charge is -2.26. The van der Waals surface area contributed by atoms with Crippen LogP contribution in [0.2, 0.25) is 0 Å². The van der Waals surface area contributed by atoms with Crippen molar-refractivity contribution in [3.63, 3.8) is 0 Å². The molecular weight excluding hydrogens is 335 g/mol. The van der Waals surface area contributed by atoms with E-state index < -0.39 is 0 Å². The van der Waals surface area contributed by atoms with Gasteiger partial charge in [0.05, 0.1) is 0 Å². The van der Waals surface area contributed by atoms with Crippen molar-refractivity contribution in [3.05, 3.63) is 57.4 Å². The summed E-state index contributed by atoms with van der Waals surface area (Å²) in [4.78, 5) is 17.2. The van der Waals surface area contributed by atoms with E-state index in [9.17, 15) is 9.18 Å². The van der Waals surface area contributed by atoms with Crippen LogP contribution in [-0.2, 0) is 18.6 Å². The van der Waals surface area contributed by atoms with Crippen LogP contribution in [0.1, 0.15) is 61.4 Å². The fourth-order valence-electron chi connectivity index (χ4n) is 4.14. The van der Waals surface area contributed by atoms with Gasteiger partial charge in [-0.2, -0.15) is 4.98 Å². The molecule has 4 rings (SSSR count). The van der Waals surface area contributed by atoms with Crippen molar-refractivity contribution in [1.29, 1.82) is 0 Å². The number of halogens is 1. The van der Waals surface area contributed by atoms with Gasteiger partial charge in [-0.15, -0.1) is 11.8 Å². The maximum atomic E-state index is 13.9. The second-order valence-electron chi connectivity index (χ2n) is 7.02. The molecule has 1 fully saturated rings. The van der Waals surface area contributed by atoms with Gasteiger partial charge in [0.2, 0.25) is 0 Å². The SMILES string of the molecule is O=c1nc(SCc2ccccc2F)c2c(n1C1CCCCC1)CCC2. The van der Waals surface area contributed by atoms with E-state index >= 15 is 0 Å². The summed E-state index contributed by atoms with van der Waals surface area (Å²) in [6.45, 7) is 0. The van der Waals surface area contributed by atoms with Gasteiger partial charge in [0.25, 0.3) is 0 Å². The van der Waals surface area contributed by atoms with Crippen LogP contribution in [0.25, 0.3) is 0 Å². The second kappa shape index (κ2) is 7.32. The number of fused-ring (bicyclic) bond motifs is 1. The summed E-state index contributed by atoms with van der Waals surface area (Å²) in [6.07, 6.45) is 8.90. The predicted octanol–water partition coefficient (Wildman–Crippen LogP) is 4.67. The van der Waals surface area contributed by atoms with Crippen LogP contribution in [0.15, 0.2) is 34.1 Å². The molecule has 0 saturated heterocycles. The third-order valence-corrected chi connectivity index (χ3v) is 6.47. The summed E-state index contributed by atoms with van der Waals surface area (Å²) >= 11 is 1.50. The Balaban J connectivity index is 1.64. The maximum Gasteiger partial charge on any atom is 0.349 e. The van der Waals surface area contributed by atoms with Gasteiger partial charge in [0, 0.05) is 23.1 Å². The Morgan fingerprint density at radius 2 is 1.92 bits per heavy atom. The lowest BCUT2D eigenvalue weighted by molar-refractivity contribution is 0.334. The van der Waals surface area contributed by atoms with Crippen molar-refractivity contribution in [2.24, 2.45) is 0 Å². The zero-order valence-electron chi connectivity index (χ0n) is 14.3. The van der Waals surface area contributed by atoms with Crippen LogP contribution >= 0.6 is 11.8 Å². The molecule has 0 bridgehead atoms. The highest BCUT2D eigenvalue weighted by atomic mass is 32.2. The number of benzene rings is 1. The molecule has 0 spiro atoms. The van der Waals surface area contributed by atoms with Crippen molar-refractivity contribution in [3.8, 4) is 0 Å². The van der Waals surface area contributed by atoms with Crippen LogP contribution in [0.5, 0.6) is 0 Å². The van der Waals surface area contributed by atoms with Gasteiger partial charge in [-0.25, -0.2) is 9.18 Å². The molecule has 2 aliphatic rings. The fourth-order valence-corrected chi connectivity index (χ4v) is 5.21. The number of hydrogen-bond donors (Lipinski definition) is 0. The molecule has 2 aromatic rings. The van der Waals surface area contributed by atoms with Crippen molar-refractivity contribution in [2.45, 2.75) is 68.2 Å². The van der Waals surface area contributed by atoms with E-state index in [0.29, 0.717) is 17.4 Å². The molecule has 5 heteroatoms. The van der Waals surface area contributed by atoms with Crippen molar-refractivity contribution < 1.29 is 4.39 Å². The summed E-state index contributed by atoms with van der Waals surface area (Å²) in [5, 5.41) is 0.813. The molecule has 0 atom stereocenters. The van der Waals surface area contributed by atoms with E-state index in [-0.39, 0.29) is 11.5 Å². The highest BCUT2D eigenvalue weighted by molar-refractivity contribution is 7.98. The minimum atomic E-state index is -0.192. The predicted molar refractivity (Wildman–Crippen MR) is 98.6 cm³/mol. The largest absolute Gasteiger partial charge is 0.349 e. The summed E-state index contributed by atoms with van der Waals surface area (Å²) in [5.41, 5.74) is 2.98. The molecule has 2 aliphatic carbocycles. The normalized spacial score (nSPS) is 17.6. The number of thioether (sulfide) groups is 1. The zero-order valence-corrected chi connectivity index (χ0v) is 15.2. The first-order valence-corrected chi connectivity index (χ1v) is 10.2. The first-order chi connectivity index (χ1) is 12.2. The second-order valence-corrected chi connectivity index (χ2v) is 7.98. The molecule has 0 amide bonds. The standard InChI is InChI=1S/C20H23FN2OS/c21-17-11-5-4-7-14(17)13-25-19-16-10-6-12-18(16)23(20(24)22-19)15-8-2-1-3-9-15/h4-5,7,11,15H,1-3,6,8-10,12-13H2. The molecule has 3 nitrogen and oxygen atoms in total. The van der Waals surface area contributed by atoms with Crippen LogP contribution < -0.4 is 5.69 Å². The quantitative estimate of drug-likeness (QED) is 0.588. The summed E-state index contributed by atoms with van der Waals surface area (Å²) in [6, 6.07) is 7.15. The van der Waals surface area contributed by atoms with Crippen LogP contribution in [-0.4, -0.2) is 9.55 Å². The van der Waals surface area contributed by atoms with Gasteiger partial charge in [-0.05, 0) is 43.7 Å². The van der Waals surface area contributed by atoms with Gasteiger partial charge < -0.3 is 0 Å². The Morgan fingerprint density at radius 1 is 1.12 bits per heavy atom. The third-order valence-electron chi connectivity index (χ3n) is 5.40. The van der Waals surface area contributed by atoms with Crippen LogP contribution in [0.3, 0.4) is 0 Å². The van der Waals surface area contributed by atoms with Gasteiger partial charge >= 0.3 is 5.69 Å². The average molecular weight is 358 g/mol.